The molecule has 3 rings (SSSR count). The first-order valence-corrected chi connectivity index (χ1v) is 9.74. The molecule has 140 valence electrons. The van der Waals surface area contributed by atoms with Crippen molar-refractivity contribution in [1.82, 2.24) is 3.97 Å². The third-order valence-electron chi connectivity index (χ3n) is 4.03. The van der Waals surface area contributed by atoms with E-state index in [1.165, 1.54) is 42.6 Å². The number of benzene rings is 2. The Morgan fingerprint density at radius 2 is 1.89 bits per heavy atom. The lowest BCUT2D eigenvalue weighted by Crippen LogP contribution is -2.11. The number of hydrogen-bond acceptors (Lipinski definition) is 4. The summed E-state index contributed by atoms with van der Waals surface area (Å²) in [5.41, 5.74) is 1.59. The number of aryl methyl sites for hydroxylation is 1. The van der Waals surface area contributed by atoms with Gasteiger partial charge in [0.1, 0.15) is 5.82 Å². The number of fused-ring (bicyclic) bond motifs is 1. The maximum atomic E-state index is 13.8. The quantitative estimate of drug-likeness (QED) is 0.492. The van der Waals surface area contributed by atoms with Gasteiger partial charge < -0.3 is 4.74 Å². The van der Waals surface area contributed by atoms with Gasteiger partial charge >= 0.3 is 5.97 Å². The van der Waals surface area contributed by atoms with Gasteiger partial charge in [0.05, 0.1) is 17.0 Å². The zero-order valence-electron chi connectivity index (χ0n) is 14.8. The lowest BCUT2D eigenvalue weighted by Gasteiger charge is -2.08. The summed E-state index contributed by atoms with van der Waals surface area (Å²) in [4.78, 5) is 11.7. The lowest BCUT2D eigenvalue weighted by atomic mass is 10.1. The lowest BCUT2D eigenvalue weighted by molar-refractivity contribution is -0.137. The van der Waals surface area contributed by atoms with Crippen LogP contribution in [-0.2, 0) is 19.6 Å². The molecule has 0 saturated carbocycles. The van der Waals surface area contributed by atoms with E-state index in [0.717, 1.165) is 15.6 Å². The topological polar surface area (TPSA) is 65.4 Å². The second-order valence-corrected chi connectivity index (χ2v) is 7.76. The number of hydrogen-bond donors (Lipinski definition) is 0. The van der Waals surface area contributed by atoms with Gasteiger partial charge in [0.2, 0.25) is 0 Å². The summed E-state index contributed by atoms with van der Waals surface area (Å²) in [6.45, 7) is 3.78. The molecule has 0 amide bonds. The average molecular weight is 387 g/mol. The Bertz CT molecular complexity index is 1130. The van der Waals surface area contributed by atoms with Crippen LogP contribution >= 0.6 is 0 Å². The molecule has 0 aliphatic carbocycles. The van der Waals surface area contributed by atoms with Crippen molar-refractivity contribution in [3.05, 3.63) is 71.7 Å². The van der Waals surface area contributed by atoms with E-state index in [0.29, 0.717) is 10.9 Å². The van der Waals surface area contributed by atoms with E-state index in [2.05, 4.69) is 0 Å². The standard InChI is InChI=1S/C20H18FNO4S/c1-3-26-20(23)11-6-15-13-22(19-12-16(21)7-10-18(15)19)27(24,25)17-8-4-14(2)5-9-17/h4-13H,3H2,1-2H3/b11-6+. The summed E-state index contributed by atoms with van der Waals surface area (Å²) < 4.78 is 45.7. The molecule has 0 aliphatic rings. The molecule has 7 heteroatoms. The number of rotatable bonds is 5. The zero-order chi connectivity index (χ0) is 19.6. The summed E-state index contributed by atoms with van der Waals surface area (Å²) in [5, 5.41) is 0.507. The van der Waals surface area contributed by atoms with Crippen molar-refractivity contribution >= 4 is 33.0 Å². The van der Waals surface area contributed by atoms with Crippen LogP contribution in [0.2, 0.25) is 0 Å². The van der Waals surface area contributed by atoms with Crippen molar-refractivity contribution in [1.29, 1.82) is 0 Å². The first-order valence-electron chi connectivity index (χ1n) is 8.30. The van der Waals surface area contributed by atoms with Crippen LogP contribution in [-0.4, -0.2) is 25.0 Å². The summed E-state index contributed by atoms with van der Waals surface area (Å²) in [5.74, 6) is -1.09. The first-order chi connectivity index (χ1) is 12.8. The van der Waals surface area contributed by atoms with Crippen LogP contribution in [0, 0.1) is 12.7 Å². The molecular formula is C20H18FNO4S. The minimum absolute atomic E-state index is 0.0928. The highest BCUT2D eigenvalue weighted by molar-refractivity contribution is 7.90. The monoisotopic (exact) mass is 387 g/mol. The molecule has 1 aromatic heterocycles. The van der Waals surface area contributed by atoms with E-state index < -0.39 is 21.8 Å². The van der Waals surface area contributed by atoms with Gasteiger partial charge in [-0.2, -0.15) is 0 Å². The molecule has 3 aromatic rings. The molecule has 0 atom stereocenters. The van der Waals surface area contributed by atoms with Crippen LogP contribution in [0.3, 0.4) is 0 Å². The number of carbonyl (C=O) groups is 1. The molecule has 0 saturated heterocycles. The van der Waals surface area contributed by atoms with Crippen molar-refractivity contribution in [2.24, 2.45) is 0 Å². The minimum atomic E-state index is -3.93. The molecule has 27 heavy (non-hydrogen) atoms. The summed E-state index contributed by atoms with van der Waals surface area (Å²) >= 11 is 0. The van der Waals surface area contributed by atoms with E-state index in [-0.39, 0.29) is 17.0 Å². The van der Waals surface area contributed by atoms with Crippen LogP contribution in [0.4, 0.5) is 4.39 Å². The van der Waals surface area contributed by atoms with E-state index in [1.807, 2.05) is 6.92 Å². The van der Waals surface area contributed by atoms with Crippen molar-refractivity contribution in [3.8, 4) is 0 Å². The summed E-state index contributed by atoms with van der Waals surface area (Å²) in [6.07, 6.45) is 4.04. The number of ether oxygens (including phenoxy) is 1. The Kier molecular flexibility index (Phi) is 5.14. The smallest absolute Gasteiger partial charge is 0.330 e. The third kappa shape index (κ3) is 3.78. The Labute approximate surface area is 156 Å². The van der Waals surface area contributed by atoms with Gasteiger partial charge in [-0.05, 0) is 50.3 Å². The molecule has 0 unspecified atom stereocenters. The van der Waals surface area contributed by atoms with E-state index >= 15 is 0 Å². The Balaban J connectivity index is 2.17. The normalized spacial score (nSPS) is 12.0. The van der Waals surface area contributed by atoms with Crippen molar-refractivity contribution in [2.75, 3.05) is 6.61 Å². The molecule has 0 bridgehead atoms. The molecule has 5 nitrogen and oxygen atoms in total. The number of halogens is 1. The van der Waals surface area contributed by atoms with Crippen LogP contribution in [0.5, 0.6) is 0 Å². The summed E-state index contributed by atoms with van der Waals surface area (Å²) in [7, 11) is -3.93. The molecule has 1 heterocycles. The van der Waals surface area contributed by atoms with E-state index in [9.17, 15) is 17.6 Å². The van der Waals surface area contributed by atoms with Gasteiger partial charge in [-0.1, -0.05) is 17.7 Å². The van der Waals surface area contributed by atoms with Gasteiger partial charge in [0, 0.05) is 23.2 Å². The number of carbonyl (C=O) groups excluding carboxylic acids is 1. The van der Waals surface area contributed by atoms with Crippen molar-refractivity contribution < 1.29 is 22.3 Å². The minimum Gasteiger partial charge on any atom is -0.463 e. The Hall–Kier alpha value is -2.93. The van der Waals surface area contributed by atoms with Crippen molar-refractivity contribution in [2.45, 2.75) is 18.7 Å². The molecule has 0 fully saturated rings. The van der Waals surface area contributed by atoms with Gasteiger partial charge in [-0.3, -0.25) is 0 Å². The van der Waals surface area contributed by atoms with Crippen LogP contribution in [0.15, 0.2) is 59.6 Å². The first kappa shape index (κ1) is 18.8. The summed E-state index contributed by atoms with van der Waals surface area (Å²) in [6, 6.07) is 10.3. The average Bonchev–Trinajstić information content (AvgIpc) is 2.99. The van der Waals surface area contributed by atoms with Crippen LogP contribution in [0.1, 0.15) is 18.1 Å². The van der Waals surface area contributed by atoms with Gasteiger partial charge in [0.15, 0.2) is 0 Å². The maximum absolute atomic E-state index is 13.8. The number of esters is 1. The second-order valence-electron chi connectivity index (χ2n) is 5.95. The molecule has 0 spiro atoms. The highest BCUT2D eigenvalue weighted by Gasteiger charge is 2.21. The molecule has 0 aliphatic heterocycles. The fourth-order valence-electron chi connectivity index (χ4n) is 2.70. The predicted octanol–water partition coefficient (Wildman–Crippen LogP) is 3.90. The Morgan fingerprint density at radius 3 is 2.56 bits per heavy atom. The number of nitrogens with zero attached hydrogens (tertiary/aromatic N) is 1. The fourth-order valence-corrected chi connectivity index (χ4v) is 4.07. The largest absolute Gasteiger partial charge is 0.463 e. The van der Waals surface area contributed by atoms with E-state index in [1.54, 1.807) is 19.1 Å². The maximum Gasteiger partial charge on any atom is 0.330 e. The molecule has 0 N–H and O–H groups in total. The fraction of sp³-hybridized carbons (Fsp3) is 0.150. The molecule has 2 aromatic carbocycles. The van der Waals surface area contributed by atoms with Gasteiger partial charge in [-0.25, -0.2) is 21.6 Å². The van der Waals surface area contributed by atoms with Crippen LogP contribution < -0.4 is 0 Å². The van der Waals surface area contributed by atoms with Crippen LogP contribution in [0.25, 0.3) is 17.0 Å². The van der Waals surface area contributed by atoms with Crippen molar-refractivity contribution in [3.63, 3.8) is 0 Å². The zero-order valence-corrected chi connectivity index (χ0v) is 15.7. The SMILES string of the molecule is CCOC(=O)/C=C/c1cn(S(=O)(=O)c2ccc(C)cc2)c2cc(F)ccc12. The highest BCUT2D eigenvalue weighted by atomic mass is 32.2. The third-order valence-corrected chi connectivity index (χ3v) is 5.72. The molecular weight excluding hydrogens is 369 g/mol. The highest BCUT2D eigenvalue weighted by Crippen LogP contribution is 2.28. The second kappa shape index (κ2) is 7.36. The van der Waals surface area contributed by atoms with E-state index in [4.69, 9.17) is 4.74 Å². The Morgan fingerprint density at radius 1 is 1.19 bits per heavy atom. The van der Waals surface area contributed by atoms with Gasteiger partial charge in [0.25, 0.3) is 10.0 Å². The predicted molar refractivity (Wildman–Crippen MR) is 101 cm³/mol. The number of aromatic nitrogens is 1. The van der Waals surface area contributed by atoms with Gasteiger partial charge in [-0.15, -0.1) is 0 Å². The molecule has 0 radical (unpaired) electrons.